The summed E-state index contributed by atoms with van der Waals surface area (Å²) in [7, 11) is 0. The topological polar surface area (TPSA) is 66.5 Å². The Balaban J connectivity index is 1.73. The smallest absolute Gasteiger partial charge is 0.261 e. The SMILES string of the molecule is CCCCCNC(=O)c1ccc2c(c1)C(=O)N(C1CCCCC1)C2=O. The Hall–Kier alpha value is -2.17. The Morgan fingerprint density at radius 2 is 1.80 bits per heavy atom. The van der Waals surface area contributed by atoms with E-state index in [0.29, 0.717) is 23.2 Å². The third-order valence-corrected chi connectivity index (χ3v) is 5.19. The Labute approximate surface area is 148 Å². The number of hydrogen-bond acceptors (Lipinski definition) is 3. The van der Waals surface area contributed by atoms with Crippen LogP contribution in [0.25, 0.3) is 0 Å². The lowest BCUT2D eigenvalue weighted by atomic mass is 9.94. The van der Waals surface area contributed by atoms with Crippen molar-refractivity contribution in [1.82, 2.24) is 10.2 Å². The first kappa shape index (κ1) is 17.6. The Bertz CT molecular complexity index is 678. The second kappa shape index (κ2) is 7.81. The molecule has 134 valence electrons. The first-order valence-corrected chi connectivity index (χ1v) is 9.43. The van der Waals surface area contributed by atoms with Gasteiger partial charge in [-0.3, -0.25) is 19.3 Å². The van der Waals surface area contributed by atoms with Gasteiger partial charge < -0.3 is 5.32 Å². The maximum atomic E-state index is 12.8. The monoisotopic (exact) mass is 342 g/mol. The van der Waals surface area contributed by atoms with Gasteiger partial charge in [-0.15, -0.1) is 0 Å². The first-order valence-electron chi connectivity index (χ1n) is 9.43. The lowest BCUT2D eigenvalue weighted by Gasteiger charge is -2.29. The Morgan fingerprint density at radius 3 is 2.52 bits per heavy atom. The molecule has 1 aromatic rings. The molecule has 1 saturated carbocycles. The third-order valence-electron chi connectivity index (χ3n) is 5.19. The molecule has 2 aliphatic rings. The van der Waals surface area contributed by atoms with Crippen molar-refractivity contribution < 1.29 is 14.4 Å². The zero-order valence-corrected chi connectivity index (χ0v) is 14.8. The minimum absolute atomic E-state index is 0.00692. The van der Waals surface area contributed by atoms with E-state index in [9.17, 15) is 14.4 Å². The normalized spacial score (nSPS) is 17.7. The number of benzene rings is 1. The van der Waals surface area contributed by atoms with Crippen molar-refractivity contribution in [2.75, 3.05) is 6.54 Å². The summed E-state index contributed by atoms with van der Waals surface area (Å²) in [5.41, 5.74) is 1.25. The molecular weight excluding hydrogens is 316 g/mol. The summed E-state index contributed by atoms with van der Waals surface area (Å²) in [6.45, 7) is 2.74. The predicted octanol–water partition coefficient (Wildman–Crippen LogP) is 3.54. The number of nitrogens with one attached hydrogen (secondary N) is 1. The van der Waals surface area contributed by atoms with Crippen LogP contribution in [0.2, 0.25) is 0 Å². The van der Waals surface area contributed by atoms with Gasteiger partial charge in [0.2, 0.25) is 0 Å². The summed E-state index contributed by atoms with van der Waals surface area (Å²) in [4.78, 5) is 39.1. The number of fused-ring (bicyclic) bond motifs is 1. The number of carbonyl (C=O) groups is 3. The molecule has 5 heteroatoms. The molecule has 5 nitrogen and oxygen atoms in total. The zero-order chi connectivity index (χ0) is 17.8. The van der Waals surface area contributed by atoms with Crippen molar-refractivity contribution in [2.45, 2.75) is 64.3 Å². The van der Waals surface area contributed by atoms with Crippen LogP contribution in [0.3, 0.4) is 0 Å². The van der Waals surface area contributed by atoms with Crippen molar-refractivity contribution in [3.05, 3.63) is 34.9 Å². The number of nitrogens with zero attached hydrogens (tertiary/aromatic N) is 1. The van der Waals surface area contributed by atoms with Crippen LogP contribution in [0, 0.1) is 0 Å². The van der Waals surface area contributed by atoms with E-state index >= 15 is 0 Å². The van der Waals surface area contributed by atoms with Crippen LogP contribution in [0.1, 0.15) is 89.4 Å². The molecule has 1 aromatic carbocycles. The number of rotatable bonds is 6. The average Bonchev–Trinajstić information content (AvgIpc) is 2.89. The van der Waals surface area contributed by atoms with Crippen molar-refractivity contribution in [3.63, 3.8) is 0 Å². The van der Waals surface area contributed by atoms with Crippen LogP contribution in [0.4, 0.5) is 0 Å². The Morgan fingerprint density at radius 1 is 1.08 bits per heavy atom. The number of carbonyl (C=O) groups excluding carboxylic acids is 3. The fourth-order valence-electron chi connectivity index (χ4n) is 3.75. The highest BCUT2D eigenvalue weighted by atomic mass is 16.2. The minimum Gasteiger partial charge on any atom is -0.352 e. The summed E-state index contributed by atoms with van der Waals surface area (Å²) in [6.07, 6.45) is 8.18. The van der Waals surface area contributed by atoms with E-state index < -0.39 is 0 Å². The number of amides is 3. The lowest BCUT2D eigenvalue weighted by molar-refractivity contribution is 0.0549. The van der Waals surface area contributed by atoms with Gasteiger partial charge in [-0.2, -0.15) is 0 Å². The molecule has 1 aliphatic heterocycles. The van der Waals surface area contributed by atoms with Gasteiger partial charge in [-0.1, -0.05) is 39.0 Å². The molecule has 0 saturated heterocycles. The molecule has 0 aromatic heterocycles. The molecule has 0 radical (unpaired) electrons. The van der Waals surface area contributed by atoms with Gasteiger partial charge >= 0.3 is 0 Å². The van der Waals surface area contributed by atoms with Crippen LogP contribution in [0.5, 0.6) is 0 Å². The quantitative estimate of drug-likeness (QED) is 0.635. The van der Waals surface area contributed by atoms with Crippen molar-refractivity contribution in [1.29, 1.82) is 0 Å². The van der Waals surface area contributed by atoms with Gasteiger partial charge in [0, 0.05) is 18.2 Å². The predicted molar refractivity (Wildman–Crippen MR) is 95.7 cm³/mol. The second-order valence-electron chi connectivity index (χ2n) is 7.00. The summed E-state index contributed by atoms with van der Waals surface area (Å²) in [5, 5.41) is 2.88. The molecule has 25 heavy (non-hydrogen) atoms. The highest BCUT2D eigenvalue weighted by Gasteiger charge is 2.40. The highest BCUT2D eigenvalue weighted by Crippen LogP contribution is 2.31. The van der Waals surface area contributed by atoms with E-state index in [-0.39, 0.29) is 23.8 Å². The van der Waals surface area contributed by atoms with E-state index in [1.165, 1.54) is 11.3 Å². The molecule has 0 unspecified atom stereocenters. The summed E-state index contributed by atoms with van der Waals surface area (Å²) < 4.78 is 0. The molecular formula is C20H26N2O3. The average molecular weight is 342 g/mol. The maximum Gasteiger partial charge on any atom is 0.261 e. The van der Waals surface area contributed by atoms with Gasteiger partial charge in [0.15, 0.2) is 0 Å². The standard InChI is InChI=1S/C20H26N2O3/c1-2-3-7-12-21-18(23)14-10-11-16-17(13-14)20(25)22(19(16)24)15-8-5-4-6-9-15/h10-11,13,15H,2-9,12H2,1H3,(H,21,23). The van der Waals surface area contributed by atoms with Gasteiger partial charge in [0.25, 0.3) is 17.7 Å². The largest absolute Gasteiger partial charge is 0.352 e. The summed E-state index contributed by atoms with van der Waals surface area (Å²) >= 11 is 0. The van der Waals surface area contributed by atoms with E-state index in [0.717, 1.165) is 44.9 Å². The van der Waals surface area contributed by atoms with Crippen molar-refractivity contribution >= 4 is 17.7 Å². The van der Waals surface area contributed by atoms with Crippen LogP contribution >= 0.6 is 0 Å². The third kappa shape index (κ3) is 3.60. The van der Waals surface area contributed by atoms with E-state index in [4.69, 9.17) is 0 Å². The lowest BCUT2D eigenvalue weighted by Crippen LogP contribution is -2.40. The molecule has 1 heterocycles. The molecule has 1 N–H and O–H groups in total. The van der Waals surface area contributed by atoms with E-state index in [1.807, 2.05) is 0 Å². The number of imide groups is 1. The molecule has 0 spiro atoms. The van der Waals surface area contributed by atoms with Crippen LogP contribution < -0.4 is 5.32 Å². The van der Waals surface area contributed by atoms with E-state index in [1.54, 1.807) is 18.2 Å². The fraction of sp³-hybridized carbons (Fsp3) is 0.550. The van der Waals surface area contributed by atoms with Crippen LogP contribution in [-0.4, -0.2) is 35.2 Å². The van der Waals surface area contributed by atoms with Gasteiger partial charge in [-0.25, -0.2) is 0 Å². The number of unbranched alkanes of at least 4 members (excludes halogenated alkanes) is 2. The van der Waals surface area contributed by atoms with Crippen molar-refractivity contribution in [2.24, 2.45) is 0 Å². The van der Waals surface area contributed by atoms with Crippen LogP contribution in [0.15, 0.2) is 18.2 Å². The highest BCUT2D eigenvalue weighted by molar-refractivity contribution is 6.22. The molecule has 3 amide bonds. The zero-order valence-electron chi connectivity index (χ0n) is 14.8. The molecule has 0 atom stereocenters. The van der Waals surface area contributed by atoms with Gasteiger partial charge in [0.05, 0.1) is 11.1 Å². The van der Waals surface area contributed by atoms with E-state index in [2.05, 4.69) is 12.2 Å². The second-order valence-corrected chi connectivity index (χ2v) is 7.00. The minimum atomic E-state index is -0.243. The maximum absolute atomic E-state index is 12.8. The molecule has 0 bridgehead atoms. The summed E-state index contributed by atoms with van der Waals surface area (Å²) in [6, 6.07) is 4.85. The fourth-order valence-corrected chi connectivity index (χ4v) is 3.75. The molecule has 3 rings (SSSR count). The van der Waals surface area contributed by atoms with Crippen LogP contribution in [-0.2, 0) is 0 Å². The Kier molecular flexibility index (Phi) is 5.51. The first-order chi connectivity index (χ1) is 12.1. The number of hydrogen-bond donors (Lipinski definition) is 1. The molecule has 1 aliphatic carbocycles. The summed E-state index contributed by atoms with van der Waals surface area (Å²) in [5.74, 6) is -0.635. The van der Waals surface area contributed by atoms with Gasteiger partial charge in [-0.05, 0) is 37.5 Å². The molecule has 1 fully saturated rings. The van der Waals surface area contributed by atoms with Crippen molar-refractivity contribution in [3.8, 4) is 0 Å². The van der Waals surface area contributed by atoms with Gasteiger partial charge in [0.1, 0.15) is 0 Å².